The van der Waals surface area contributed by atoms with Crippen molar-refractivity contribution in [1.82, 2.24) is 0 Å². The first kappa shape index (κ1) is 33.4. The second kappa shape index (κ2) is 13.4. The van der Waals surface area contributed by atoms with Crippen LogP contribution < -0.4 is 0 Å². The summed E-state index contributed by atoms with van der Waals surface area (Å²) in [6.07, 6.45) is 6.05. The molecule has 0 aromatic rings. The summed E-state index contributed by atoms with van der Waals surface area (Å²) < 4.78 is 26.9. The maximum absolute atomic E-state index is 12.0. The minimum absolute atomic E-state index is 0.0117. The number of hydrogen-bond acceptors (Lipinski definition) is 5. The van der Waals surface area contributed by atoms with Gasteiger partial charge in [0.2, 0.25) is 5.76 Å². The van der Waals surface area contributed by atoms with Crippen LogP contribution in [0, 0.1) is 17.8 Å². The quantitative estimate of drug-likeness (QED) is 0.0636. The van der Waals surface area contributed by atoms with Crippen LogP contribution in [0.25, 0.3) is 0 Å². The van der Waals surface area contributed by atoms with Crippen molar-refractivity contribution in [3.05, 3.63) is 33.1 Å². The van der Waals surface area contributed by atoms with Crippen molar-refractivity contribution < 1.29 is 23.1 Å². The first-order valence-corrected chi connectivity index (χ1v) is 16.2. The lowest BCUT2D eigenvalue weighted by Crippen LogP contribution is -2.67. The summed E-state index contributed by atoms with van der Waals surface area (Å²) in [6, 6.07) is 0. The molecule has 0 spiro atoms. The first-order valence-electron chi connectivity index (χ1n) is 13.1. The molecule has 0 radical (unpaired) electrons. The van der Waals surface area contributed by atoms with Crippen LogP contribution in [0.1, 0.15) is 89.0 Å². The number of carbonyl (C=O) groups excluding carboxylic acids is 1. The predicted molar refractivity (Wildman–Crippen MR) is 160 cm³/mol. The Balaban J connectivity index is 3.64. The molecular weight excluding hydrogens is 583 g/mol. The molecule has 1 aliphatic rings. The third kappa shape index (κ3) is 7.70. The summed E-state index contributed by atoms with van der Waals surface area (Å²) in [7, 11) is 0.109. The van der Waals surface area contributed by atoms with Crippen LogP contribution in [0.2, 0.25) is 10.1 Å². The van der Waals surface area contributed by atoms with Gasteiger partial charge in [0.25, 0.3) is 0 Å². The molecule has 1 saturated heterocycles. The lowest BCUT2D eigenvalue weighted by molar-refractivity contribution is -0.139. The van der Waals surface area contributed by atoms with Crippen LogP contribution in [0.5, 0.6) is 0 Å². The van der Waals surface area contributed by atoms with Gasteiger partial charge in [-0.1, -0.05) is 102 Å². The van der Waals surface area contributed by atoms with Crippen molar-refractivity contribution in [3.63, 3.8) is 0 Å². The molecule has 7 heteroatoms. The molecule has 1 fully saturated rings. The van der Waals surface area contributed by atoms with Gasteiger partial charge in [-0.3, -0.25) is 0 Å². The van der Waals surface area contributed by atoms with Gasteiger partial charge in [-0.2, -0.15) is 0 Å². The summed E-state index contributed by atoms with van der Waals surface area (Å²) in [5.41, 5.74) is 2.33. The fourth-order valence-corrected chi connectivity index (χ4v) is 11.4. The number of allylic oxidation sites excluding steroid dienone is 3. The molecule has 1 aliphatic heterocycles. The van der Waals surface area contributed by atoms with Gasteiger partial charge in [-0.25, -0.2) is 4.79 Å². The van der Waals surface area contributed by atoms with Crippen LogP contribution in [-0.2, 0) is 23.1 Å². The average Bonchev–Trinajstić information content (AvgIpc) is 2.79. The number of rotatable bonds is 9. The van der Waals surface area contributed by atoms with E-state index in [-0.39, 0.29) is 39.9 Å². The molecule has 1 unspecified atom stereocenters. The van der Waals surface area contributed by atoms with E-state index in [2.05, 4.69) is 102 Å². The van der Waals surface area contributed by atoms with E-state index in [0.29, 0.717) is 5.92 Å². The van der Waals surface area contributed by atoms with Gasteiger partial charge in [-0.15, -0.1) is 0 Å². The maximum Gasteiger partial charge on any atom is 0.373 e. The van der Waals surface area contributed by atoms with Crippen LogP contribution in [0.4, 0.5) is 0 Å². The minimum Gasteiger partial charge on any atom is -0.490 e. The summed E-state index contributed by atoms with van der Waals surface area (Å²) >= 11 is 2.34. The molecule has 0 aromatic heterocycles. The zero-order chi connectivity index (χ0) is 28.1. The highest BCUT2D eigenvalue weighted by atomic mass is 127. The Morgan fingerprint density at radius 3 is 1.94 bits per heavy atom. The Morgan fingerprint density at radius 2 is 1.53 bits per heavy atom. The molecule has 208 valence electrons. The Kier molecular flexibility index (Phi) is 12.5. The molecule has 5 atom stereocenters. The predicted octanol–water partition coefficient (Wildman–Crippen LogP) is 8.49. The smallest absolute Gasteiger partial charge is 0.373 e. The topological polar surface area (TPSA) is 54.0 Å². The Morgan fingerprint density at radius 1 is 1.00 bits per heavy atom. The molecule has 0 aromatic carbocycles. The standard InChI is InChI=1S/C29H51IO5Si/c1-14-23-25(21(4)15-19(2)17-24(32-12)27(31)33-13)34-36(28(6,7)8,29(9,10)11)35-26(23)22(5)16-20(3)18-30/h15,17-18,21-23,25-26H,14,16H2,1-13H3/b19-15+,20-18+,24-17-/t21?,22-,23-,25-,26+/m1/s1. The van der Waals surface area contributed by atoms with E-state index in [1.165, 1.54) is 19.8 Å². The zero-order valence-electron chi connectivity index (χ0n) is 25.0. The number of hydrogen-bond donors (Lipinski definition) is 0. The molecule has 1 rings (SSSR count). The van der Waals surface area contributed by atoms with E-state index in [9.17, 15) is 4.79 Å². The van der Waals surface area contributed by atoms with E-state index in [4.69, 9.17) is 18.3 Å². The fraction of sp³-hybridized carbons (Fsp3) is 0.759. The van der Waals surface area contributed by atoms with Gasteiger partial charge < -0.3 is 18.3 Å². The van der Waals surface area contributed by atoms with Crippen LogP contribution >= 0.6 is 22.6 Å². The van der Waals surface area contributed by atoms with Gasteiger partial charge >= 0.3 is 14.5 Å². The summed E-state index contributed by atoms with van der Waals surface area (Å²) in [6.45, 7) is 24.7. The van der Waals surface area contributed by atoms with Crippen molar-refractivity contribution in [1.29, 1.82) is 0 Å². The summed E-state index contributed by atoms with van der Waals surface area (Å²) in [5.74, 6) is 0.474. The number of halogens is 1. The van der Waals surface area contributed by atoms with Crippen LogP contribution in [0.15, 0.2) is 33.1 Å². The van der Waals surface area contributed by atoms with E-state index in [0.717, 1.165) is 18.4 Å². The normalized spacial score (nSPS) is 25.8. The number of methoxy groups -OCH3 is 2. The van der Waals surface area contributed by atoms with E-state index in [1.54, 1.807) is 6.08 Å². The lowest BCUT2D eigenvalue weighted by Gasteiger charge is -2.59. The molecule has 0 amide bonds. The van der Waals surface area contributed by atoms with Crippen LogP contribution in [0.3, 0.4) is 0 Å². The highest BCUT2D eigenvalue weighted by Gasteiger charge is 2.64. The first-order chi connectivity index (χ1) is 16.5. The van der Waals surface area contributed by atoms with Gasteiger partial charge in [0.1, 0.15) is 0 Å². The molecule has 0 saturated carbocycles. The van der Waals surface area contributed by atoms with E-state index in [1.807, 2.05) is 6.92 Å². The summed E-state index contributed by atoms with van der Waals surface area (Å²) in [4.78, 5) is 12.0. The lowest BCUT2D eigenvalue weighted by atomic mass is 9.79. The minimum atomic E-state index is -2.74. The third-order valence-electron chi connectivity index (χ3n) is 7.29. The maximum atomic E-state index is 12.0. The molecule has 1 heterocycles. The Bertz CT molecular complexity index is 820. The van der Waals surface area contributed by atoms with Crippen molar-refractivity contribution in [2.45, 2.75) is 111 Å². The van der Waals surface area contributed by atoms with Gasteiger partial charge in [0.15, 0.2) is 0 Å². The van der Waals surface area contributed by atoms with Gasteiger partial charge in [-0.05, 0) is 48.7 Å². The molecule has 0 bridgehead atoms. The Hall–Kier alpha value is -0.643. The fourth-order valence-electron chi connectivity index (χ4n) is 5.84. The van der Waals surface area contributed by atoms with Crippen molar-refractivity contribution in [2.75, 3.05) is 14.2 Å². The molecule has 36 heavy (non-hydrogen) atoms. The van der Waals surface area contributed by atoms with Crippen molar-refractivity contribution >= 4 is 37.1 Å². The van der Waals surface area contributed by atoms with Crippen molar-refractivity contribution in [2.24, 2.45) is 17.8 Å². The average molecular weight is 635 g/mol. The molecule has 5 nitrogen and oxygen atoms in total. The Labute approximate surface area is 235 Å². The second-order valence-corrected chi connectivity index (χ2v) is 17.8. The molecule has 0 N–H and O–H groups in total. The van der Waals surface area contributed by atoms with E-state index < -0.39 is 14.5 Å². The van der Waals surface area contributed by atoms with Gasteiger partial charge in [0.05, 0.1) is 26.4 Å². The van der Waals surface area contributed by atoms with Crippen molar-refractivity contribution in [3.8, 4) is 0 Å². The zero-order valence-corrected chi connectivity index (χ0v) is 28.1. The monoisotopic (exact) mass is 634 g/mol. The second-order valence-electron chi connectivity index (χ2n) is 12.5. The third-order valence-corrected chi connectivity index (χ3v) is 13.5. The number of ether oxygens (including phenoxy) is 2. The highest BCUT2D eigenvalue weighted by Crippen LogP contribution is 2.57. The van der Waals surface area contributed by atoms with Crippen LogP contribution in [-0.4, -0.2) is 41.0 Å². The highest BCUT2D eigenvalue weighted by molar-refractivity contribution is 14.1. The largest absolute Gasteiger partial charge is 0.490 e. The molecule has 0 aliphatic carbocycles. The number of esters is 1. The van der Waals surface area contributed by atoms with Gasteiger partial charge in [0, 0.05) is 16.0 Å². The molecular formula is C29H51IO5Si. The van der Waals surface area contributed by atoms with E-state index >= 15 is 0 Å². The number of carbonyl (C=O) groups is 1. The summed E-state index contributed by atoms with van der Waals surface area (Å²) in [5, 5.41) is -0.221. The SMILES string of the molecule is CC[C@H]1[C@H]([C@H](C)C/C(C)=C/I)O[Si](C(C)(C)C)(C(C)(C)C)O[C@@H]1C(C)/C=C(C)/C=C(\OC)C(=O)OC.